The number of nitro benzene ring substituents is 1. The first-order valence-electron chi connectivity index (χ1n) is 7.65. The van der Waals surface area contributed by atoms with Crippen molar-refractivity contribution in [1.29, 1.82) is 0 Å². The summed E-state index contributed by atoms with van der Waals surface area (Å²) in [7, 11) is 0. The molecule has 0 spiro atoms. The molecule has 0 radical (unpaired) electrons. The van der Waals surface area contributed by atoms with Crippen LogP contribution in [0.15, 0.2) is 54.9 Å². The highest BCUT2D eigenvalue weighted by atomic mass is 16.6. The number of nitrogens with zero attached hydrogens (tertiary/aromatic N) is 4. The molecule has 0 unspecified atom stereocenters. The Morgan fingerprint density at radius 3 is 2.52 bits per heavy atom. The van der Waals surface area contributed by atoms with Crippen molar-refractivity contribution < 1.29 is 4.92 Å². The van der Waals surface area contributed by atoms with Crippen molar-refractivity contribution in [3.05, 3.63) is 65.0 Å². The van der Waals surface area contributed by atoms with E-state index in [4.69, 9.17) is 5.73 Å². The SMILES string of the molecule is NCCNc1cc(-c2nccc(-c3ccc([N+](=O)[O-])cc3)n2)ccn1. The van der Waals surface area contributed by atoms with Crippen LogP contribution in [0.4, 0.5) is 11.5 Å². The summed E-state index contributed by atoms with van der Waals surface area (Å²) in [6.07, 6.45) is 3.34. The van der Waals surface area contributed by atoms with Crippen molar-refractivity contribution >= 4 is 11.5 Å². The molecule has 0 atom stereocenters. The Labute approximate surface area is 143 Å². The molecular formula is C17H16N6O2. The summed E-state index contributed by atoms with van der Waals surface area (Å²) in [5.41, 5.74) is 7.81. The van der Waals surface area contributed by atoms with Gasteiger partial charge in [0, 0.05) is 48.7 Å². The lowest BCUT2D eigenvalue weighted by atomic mass is 10.1. The molecule has 8 heteroatoms. The molecule has 126 valence electrons. The van der Waals surface area contributed by atoms with E-state index in [9.17, 15) is 10.1 Å². The molecule has 0 amide bonds. The van der Waals surface area contributed by atoms with Gasteiger partial charge in [-0.1, -0.05) is 0 Å². The van der Waals surface area contributed by atoms with Crippen LogP contribution in [-0.4, -0.2) is 33.0 Å². The molecule has 0 fully saturated rings. The van der Waals surface area contributed by atoms with Gasteiger partial charge in [-0.3, -0.25) is 10.1 Å². The Morgan fingerprint density at radius 1 is 1.04 bits per heavy atom. The molecule has 8 nitrogen and oxygen atoms in total. The zero-order valence-corrected chi connectivity index (χ0v) is 13.3. The number of anilines is 1. The Bertz CT molecular complexity index is 882. The van der Waals surface area contributed by atoms with E-state index in [0.717, 1.165) is 11.1 Å². The van der Waals surface area contributed by atoms with Gasteiger partial charge >= 0.3 is 0 Å². The standard InChI is InChI=1S/C17H16N6O2/c18-7-10-20-16-11-13(5-8-19-16)17-21-9-6-15(22-17)12-1-3-14(4-2-12)23(24)25/h1-6,8-9,11H,7,10,18H2,(H,19,20). The fourth-order valence-electron chi connectivity index (χ4n) is 2.28. The normalized spacial score (nSPS) is 10.4. The fourth-order valence-corrected chi connectivity index (χ4v) is 2.28. The van der Waals surface area contributed by atoms with E-state index in [0.29, 0.717) is 30.4 Å². The molecule has 0 aliphatic rings. The average molecular weight is 336 g/mol. The summed E-state index contributed by atoms with van der Waals surface area (Å²) in [6, 6.07) is 11.7. The first kappa shape index (κ1) is 16.5. The molecule has 3 rings (SSSR count). The van der Waals surface area contributed by atoms with E-state index >= 15 is 0 Å². The highest BCUT2D eigenvalue weighted by molar-refractivity contribution is 5.65. The van der Waals surface area contributed by atoms with Gasteiger partial charge in [0.25, 0.3) is 5.69 Å². The van der Waals surface area contributed by atoms with E-state index in [1.54, 1.807) is 30.6 Å². The molecule has 2 heterocycles. The van der Waals surface area contributed by atoms with Gasteiger partial charge in [-0.05, 0) is 30.3 Å². The Morgan fingerprint density at radius 2 is 1.80 bits per heavy atom. The van der Waals surface area contributed by atoms with Gasteiger partial charge in [0.1, 0.15) is 5.82 Å². The number of nitrogens with one attached hydrogen (secondary N) is 1. The number of nitro groups is 1. The maximum Gasteiger partial charge on any atom is 0.269 e. The first-order valence-corrected chi connectivity index (χ1v) is 7.65. The second kappa shape index (κ2) is 7.45. The fraction of sp³-hybridized carbons (Fsp3) is 0.118. The average Bonchev–Trinajstić information content (AvgIpc) is 2.67. The van der Waals surface area contributed by atoms with Crippen molar-refractivity contribution in [2.75, 3.05) is 18.4 Å². The first-order chi connectivity index (χ1) is 12.2. The second-order valence-corrected chi connectivity index (χ2v) is 5.21. The number of rotatable bonds is 6. The van der Waals surface area contributed by atoms with Gasteiger partial charge in [0.2, 0.25) is 0 Å². The highest BCUT2D eigenvalue weighted by Crippen LogP contribution is 2.23. The van der Waals surface area contributed by atoms with E-state index in [1.807, 2.05) is 12.1 Å². The quantitative estimate of drug-likeness (QED) is 0.524. The molecule has 0 bridgehead atoms. The molecule has 2 aromatic heterocycles. The minimum atomic E-state index is -0.429. The minimum absolute atomic E-state index is 0.0442. The number of benzene rings is 1. The van der Waals surface area contributed by atoms with Gasteiger partial charge in [-0.15, -0.1) is 0 Å². The Hall–Kier alpha value is -3.39. The van der Waals surface area contributed by atoms with Crippen molar-refractivity contribution in [1.82, 2.24) is 15.0 Å². The van der Waals surface area contributed by atoms with Crippen LogP contribution in [-0.2, 0) is 0 Å². The third-order valence-corrected chi connectivity index (χ3v) is 3.50. The van der Waals surface area contributed by atoms with Crippen LogP contribution in [0.25, 0.3) is 22.6 Å². The topological polar surface area (TPSA) is 120 Å². The zero-order valence-electron chi connectivity index (χ0n) is 13.3. The van der Waals surface area contributed by atoms with Crippen molar-refractivity contribution in [3.8, 4) is 22.6 Å². The third kappa shape index (κ3) is 3.93. The zero-order chi connectivity index (χ0) is 17.6. The smallest absolute Gasteiger partial charge is 0.269 e. The lowest BCUT2D eigenvalue weighted by molar-refractivity contribution is -0.384. The summed E-state index contributed by atoms with van der Waals surface area (Å²) < 4.78 is 0. The van der Waals surface area contributed by atoms with Gasteiger partial charge in [-0.25, -0.2) is 15.0 Å². The number of hydrogen-bond acceptors (Lipinski definition) is 7. The molecule has 3 aromatic rings. The monoisotopic (exact) mass is 336 g/mol. The van der Waals surface area contributed by atoms with Crippen molar-refractivity contribution in [2.45, 2.75) is 0 Å². The third-order valence-electron chi connectivity index (χ3n) is 3.50. The summed E-state index contributed by atoms with van der Waals surface area (Å²) in [5.74, 6) is 1.25. The molecule has 0 aliphatic heterocycles. The molecular weight excluding hydrogens is 320 g/mol. The van der Waals surface area contributed by atoms with Crippen LogP contribution in [0.2, 0.25) is 0 Å². The number of hydrogen-bond donors (Lipinski definition) is 2. The van der Waals surface area contributed by atoms with E-state index < -0.39 is 4.92 Å². The van der Waals surface area contributed by atoms with Crippen LogP contribution in [0, 0.1) is 10.1 Å². The summed E-state index contributed by atoms with van der Waals surface area (Å²) >= 11 is 0. The number of aromatic nitrogens is 3. The molecule has 1 aromatic carbocycles. The lowest BCUT2D eigenvalue weighted by Crippen LogP contribution is -2.13. The van der Waals surface area contributed by atoms with Crippen LogP contribution >= 0.6 is 0 Å². The van der Waals surface area contributed by atoms with Crippen LogP contribution in [0.5, 0.6) is 0 Å². The molecule has 0 saturated heterocycles. The minimum Gasteiger partial charge on any atom is -0.369 e. The Kier molecular flexibility index (Phi) is 4.91. The predicted molar refractivity (Wildman–Crippen MR) is 94.9 cm³/mol. The predicted octanol–water partition coefficient (Wildman–Crippen LogP) is 2.48. The number of non-ortho nitro benzene ring substituents is 1. The largest absolute Gasteiger partial charge is 0.369 e. The van der Waals surface area contributed by atoms with E-state index in [1.165, 1.54) is 12.1 Å². The molecule has 3 N–H and O–H groups in total. The van der Waals surface area contributed by atoms with Gasteiger partial charge < -0.3 is 11.1 Å². The van der Waals surface area contributed by atoms with Gasteiger partial charge in [-0.2, -0.15) is 0 Å². The van der Waals surface area contributed by atoms with Crippen LogP contribution < -0.4 is 11.1 Å². The highest BCUT2D eigenvalue weighted by Gasteiger charge is 2.08. The lowest BCUT2D eigenvalue weighted by Gasteiger charge is -2.07. The maximum absolute atomic E-state index is 10.8. The van der Waals surface area contributed by atoms with Crippen molar-refractivity contribution in [2.24, 2.45) is 5.73 Å². The number of pyridine rings is 1. The molecule has 25 heavy (non-hydrogen) atoms. The number of nitrogens with two attached hydrogens (primary N) is 1. The van der Waals surface area contributed by atoms with Gasteiger partial charge in [0.05, 0.1) is 10.6 Å². The van der Waals surface area contributed by atoms with Crippen molar-refractivity contribution in [3.63, 3.8) is 0 Å². The molecule has 0 saturated carbocycles. The van der Waals surface area contributed by atoms with Crippen LogP contribution in [0.3, 0.4) is 0 Å². The molecule has 0 aliphatic carbocycles. The summed E-state index contributed by atoms with van der Waals surface area (Å²) in [5, 5.41) is 13.9. The summed E-state index contributed by atoms with van der Waals surface area (Å²) in [6.45, 7) is 1.14. The van der Waals surface area contributed by atoms with Gasteiger partial charge in [0.15, 0.2) is 5.82 Å². The maximum atomic E-state index is 10.8. The van der Waals surface area contributed by atoms with E-state index in [2.05, 4.69) is 20.3 Å². The Balaban J connectivity index is 1.90. The second-order valence-electron chi connectivity index (χ2n) is 5.21. The van der Waals surface area contributed by atoms with E-state index in [-0.39, 0.29) is 5.69 Å². The van der Waals surface area contributed by atoms with Crippen LogP contribution in [0.1, 0.15) is 0 Å². The summed E-state index contributed by atoms with van der Waals surface area (Å²) in [4.78, 5) is 23.4.